The van der Waals surface area contributed by atoms with Crippen molar-refractivity contribution in [2.45, 2.75) is 0 Å². The van der Waals surface area contributed by atoms with Crippen LogP contribution in [0.1, 0.15) is 0 Å². The van der Waals surface area contributed by atoms with Gasteiger partial charge in [-0.05, 0) is 52.9 Å². The van der Waals surface area contributed by atoms with Crippen LogP contribution >= 0.6 is 11.3 Å². The van der Waals surface area contributed by atoms with E-state index in [4.69, 9.17) is 4.42 Å². The summed E-state index contributed by atoms with van der Waals surface area (Å²) in [5.74, 6) is 0. The summed E-state index contributed by atoms with van der Waals surface area (Å²) in [5.41, 5.74) is 7.66. The van der Waals surface area contributed by atoms with Crippen LogP contribution in [0, 0.1) is 0 Å². The van der Waals surface area contributed by atoms with Crippen LogP contribution in [0.3, 0.4) is 0 Å². The molecule has 0 amide bonds. The third-order valence-electron chi connectivity index (χ3n) is 8.46. The first-order valence-electron chi connectivity index (χ1n) is 14.5. The molecule has 2 heterocycles. The van der Waals surface area contributed by atoms with Crippen molar-refractivity contribution in [2.75, 3.05) is 4.90 Å². The summed E-state index contributed by atoms with van der Waals surface area (Å²) >= 11 is 1.87. The van der Waals surface area contributed by atoms with E-state index >= 15 is 0 Å². The molecule has 9 aromatic rings. The van der Waals surface area contributed by atoms with Gasteiger partial charge < -0.3 is 9.32 Å². The Morgan fingerprint density at radius 1 is 0.442 bits per heavy atom. The molecular formula is C40H25NOS. The first-order chi connectivity index (χ1) is 21.3. The smallest absolute Gasteiger partial charge is 0.137 e. The van der Waals surface area contributed by atoms with E-state index in [9.17, 15) is 0 Å². The van der Waals surface area contributed by atoms with Gasteiger partial charge in [0.1, 0.15) is 11.2 Å². The summed E-state index contributed by atoms with van der Waals surface area (Å²) in [5, 5.41) is 7.23. The van der Waals surface area contributed by atoms with E-state index < -0.39 is 0 Å². The predicted molar refractivity (Wildman–Crippen MR) is 184 cm³/mol. The molecule has 0 N–H and O–H groups in total. The number of benzene rings is 7. The lowest BCUT2D eigenvalue weighted by Crippen LogP contribution is -2.11. The number of fused-ring (bicyclic) bond motifs is 7. The van der Waals surface area contributed by atoms with Gasteiger partial charge in [-0.2, -0.15) is 0 Å². The monoisotopic (exact) mass is 567 g/mol. The maximum atomic E-state index is 6.39. The molecule has 0 fully saturated rings. The molecule has 43 heavy (non-hydrogen) atoms. The fourth-order valence-corrected chi connectivity index (χ4v) is 7.82. The average molecular weight is 568 g/mol. The van der Waals surface area contributed by atoms with Gasteiger partial charge in [-0.3, -0.25) is 0 Å². The van der Waals surface area contributed by atoms with E-state index in [1.165, 1.54) is 42.1 Å². The standard InChI is InChI=1S/C40H25NOS/c1-2-12-27(13-3-1)29-24-25-34(40-38(29)31-18-7-9-23-37(31)43-40)41(32-19-10-15-26-14-4-5-16-28(26)32)33-20-11-22-36-39(33)30-17-6-8-21-35(30)42-36/h1-25H. The molecule has 0 saturated heterocycles. The van der Waals surface area contributed by atoms with E-state index in [1.54, 1.807) is 0 Å². The van der Waals surface area contributed by atoms with Gasteiger partial charge in [-0.15, -0.1) is 11.3 Å². The zero-order valence-electron chi connectivity index (χ0n) is 23.2. The zero-order chi connectivity index (χ0) is 28.3. The van der Waals surface area contributed by atoms with Gasteiger partial charge in [-0.1, -0.05) is 115 Å². The van der Waals surface area contributed by atoms with E-state index in [-0.39, 0.29) is 0 Å². The summed E-state index contributed by atoms with van der Waals surface area (Å²) in [6.45, 7) is 0. The highest BCUT2D eigenvalue weighted by molar-refractivity contribution is 7.26. The lowest BCUT2D eigenvalue weighted by molar-refractivity contribution is 0.669. The van der Waals surface area contributed by atoms with Crippen molar-refractivity contribution < 1.29 is 4.42 Å². The van der Waals surface area contributed by atoms with Crippen molar-refractivity contribution in [3.8, 4) is 11.1 Å². The Balaban J connectivity index is 1.44. The van der Waals surface area contributed by atoms with Gasteiger partial charge >= 0.3 is 0 Å². The van der Waals surface area contributed by atoms with Crippen molar-refractivity contribution in [3.63, 3.8) is 0 Å². The predicted octanol–water partition coefficient (Wildman–Crippen LogP) is 12.2. The van der Waals surface area contributed by atoms with Gasteiger partial charge in [0.15, 0.2) is 0 Å². The highest BCUT2D eigenvalue weighted by Gasteiger charge is 2.24. The summed E-state index contributed by atoms with van der Waals surface area (Å²) in [6, 6.07) is 54.2. The summed E-state index contributed by atoms with van der Waals surface area (Å²) in [4.78, 5) is 2.46. The molecule has 0 radical (unpaired) electrons. The summed E-state index contributed by atoms with van der Waals surface area (Å²) in [7, 11) is 0. The normalized spacial score (nSPS) is 11.7. The third kappa shape index (κ3) is 3.72. The second-order valence-corrected chi connectivity index (χ2v) is 11.9. The Labute approximate surface area is 252 Å². The van der Waals surface area contributed by atoms with Crippen LogP contribution in [0.25, 0.3) is 64.0 Å². The van der Waals surface area contributed by atoms with E-state index in [0.717, 1.165) is 39.0 Å². The number of hydrogen-bond donors (Lipinski definition) is 0. The Morgan fingerprint density at radius 3 is 2.02 bits per heavy atom. The second-order valence-electron chi connectivity index (χ2n) is 10.9. The van der Waals surface area contributed by atoms with Crippen LogP contribution in [0.4, 0.5) is 17.1 Å². The maximum Gasteiger partial charge on any atom is 0.137 e. The first-order valence-corrected chi connectivity index (χ1v) is 15.3. The van der Waals surface area contributed by atoms with Crippen molar-refractivity contribution in [1.29, 1.82) is 0 Å². The molecule has 7 aromatic carbocycles. The lowest BCUT2D eigenvalue weighted by atomic mass is 9.97. The molecular weight excluding hydrogens is 543 g/mol. The van der Waals surface area contributed by atoms with Gasteiger partial charge in [0.05, 0.1) is 27.1 Å². The molecule has 0 saturated carbocycles. The molecule has 0 aliphatic rings. The van der Waals surface area contributed by atoms with Gasteiger partial charge in [0.25, 0.3) is 0 Å². The molecule has 9 rings (SSSR count). The largest absolute Gasteiger partial charge is 0.456 e. The molecule has 2 nitrogen and oxygen atoms in total. The topological polar surface area (TPSA) is 16.4 Å². The van der Waals surface area contributed by atoms with Crippen LogP contribution in [-0.4, -0.2) is 0 Å². The first kappa shape index (κ1) is 24.2. The summed E-state index contributed by atoms with van der Waals surface area (Å²) < 4.78 is 8.94. The number of rotatable bonds is 4. The second kappa shape index (κ2) is 9.59. The molecule has 202 valence electrons. The van der Waals surface area contributed by atoms with Crippen LogP contribution in [0.5, 0.6) is 0 Å². The van der Waals surface area contributed by atoms with Crippen LogP contribution in [0.2, 0.25) is 0 Å². The number of para-hydroxylation sites is 1. The molecule has 3 heteroatoms. The molecule has 0 spiro atoms. The highest BCUT2D eigenvalue weighted by Crippen LogP contribution is 2.51. The van der Waals surface area contributed by atoms with Crippen LogP contribution < -0.4 is 4.90 Å². The number of hydrogen-bond acceptors (Lipinski definition) is 3. The lowest BCUT2D eigenvalue weighted by Gasteiger charge is -2.28. The quantitative estimate of drug-likeness (QED) is 0.210. The Hall–Kier alpha value is -5.38. The minimum atomic E-state index is 0.887. The molecule has 0 aliphatic heterocycles. The van der Waals surface area contributed by atoms with Crippen molar-refractivity contribution >= 4 is 81.3 Å². The van der Waals surface area contributed by atoms with Gasteiger partial charge in [0.2, 0.25) is 0 Å². The minimum Gasteiger partial charge on any atom is -0.456 e. The van der Waals surface area contributed by atoms with Crippen LogP contribution in [0.15, 0.2) is 156 Å². The van der Waals surface area contributed by atoms with E-state index in [2.05, 4.69) is 150 Å². The molecule has 2 aromatic heterocycles. The maximum absolute atomic E-state index is 6.39. The van der Waals surface area contributed by atoms with Crippen molar-refractivity contribution in [3.05, 3.63) is 152 Å². The fraction of sp³-hybridized carbons (Fsp3) is 0. The SMILES string of the molecule is c1ccc(-c2ccc(N(c3cccc4ccccc34)c3cccc4oc5ccccc5c34)c3sc4ccccc4c23)cc1. The van der Waals surface area contributed by atoms with Crippen molar-refractivity contribution in [2.24, 2.45) is 0 Å². The van der Waals surface area contributed by atoms with Gasteiger partial charge in [0, 0.05) is 26.2 Å². The number of nitrogens with zero attached hydrogens (tertiary/aromatic N) is 1. The summed E-state index contributed by atoms with van der Waals surface area (Å²) in [6.07, 6.45) is 0. The number of anilines is 3. The highest BCUT2D eigenvalue weighted by atomic mass is 32.1. The van der Waals surface area contributed by atoms with Gasteiger partial charge in [-0.25, -0.2) is 0 Å². The Bertz CT molecular complexity index is 2460. The number of thiophene rings is 1. The third-order valence-corrected chi connectivity index (χ3v) is 9.65. The minimum absolute atomic E-state index is 0.887. The molecule has 0 bridgehead atoms. The molecule has 0 atom stereocenters. The van der Waals surface area contributed by atoms with Crippen molar-refractivity contribution in [1.82, 2.24) is 0 Å². The zero-order valence-corrected chi connectivity index (χ0v) is 24.0. The van der Waals surface area contributed by atoms with Crippen LogP contribution in [-0.2, 0) is 0 Å². The van der Waals surface area contributed by atoms with E-state index in [0.29, 0.717) is 0 Å². The van der Waals surface area contributed by atoms with E-state index in [1.807, 2.05) is 17.4 Å². The molecule has 0 unspecified atom stereocenters. The Kier molecular flexibility index (Phi) is 5.40. The number of furan rings is 1. The average Bonchev–Trinajstić information content (AvgIpc) is 3.65. The fourth-order valence-electron chi connectivity index (χ4n) is 6.58. The Morgan fingerprint density at radius 2 is 1.12 bits per heavy atom. The molecule has 0 aliphatic carbocycles.